The minimum atomic E-state index is -0.598. The van der Waals surface area contributed by atoms with Crippen molar-refractivity contribution in [1.82, 2.24) is 5.32 Å². The van der Waals surface area contributed by atoms with Crippen LogP contribution < -0.4 is 5.32 Å². The molecule has 1 aromatic heterocycles. The first-order valence-electron chi connectivity index (χ1n) is 9.65. The number of hydrogen-bond acceptors (Lipinski definition) is 7. The van der Waals surface area contributed by atoms with Gasteiger partial charge in [0.2, 0.25) is 6.29 Å². The number of rotatable bonds is 11. The fourth-order valence-electron chi connectivity index (χ4n) is 3.18. The number of carbonyl (C=O) groups excluding carboxylic acids is 1. The lowest BCUT2D eigenvalue weighted by Crippen LogP contribution is -2.34. The second-order valence-electron chi connectivity index (χ2n) is 6.56. The Morgan fingerprint density at radius 1 is 1.24 bits per heavy atom. The molecule has 0 aliphatic carbocycles. The van der Waals surface area contributed by atoms with Crippen LogP contribution >= 0.6 is 0 Å². The summed E-state index contributed by atoms with van der Waals surface area (Å²) >= 11 is 0. The molecular formula is C21H27NO7. The number of ether oxygens (including phenoxy) is 4. The first-order chi connectivity index (χ1) is 14.2. The van der Waals surface area contributed by atoms with Gasteiger partial charge >= 0.3 is 0 Å². The van der Waals surface area contributed by atoms with E-state index in [1.54, 1.807) is 13.4 Å². The third-order valence-electron chi connectivity index (χ3n) is 4.55. The maximum Gasteiger partial charge on any atom is 0.286 e. The number of furan rings is 1. The molecule has 2 unspecified atom stereocenters. The van der Waals surface area contributed by atoms with E-state index < -0.39 is 6.29 Å². The number of methoxy groups -OCH3 is 1. The van der Waals surface area contributed by atoms with Gasteiger partial charge in [0, 0.05) is 36.9 Å². The minimum Gasteiger partial charge on any atom is -0.464 e. The van der Waals surface area contributed by atoms with Crippen molar-refractivity contribution in [2.45, 2.75) is 18.6 Å². The maximum absolute atomic E-state index is 12.5. The smallest absolute Gasteiger partial charge is 0.286 e. The first-order valence-corrected chi connectivity index (χ1v) is 9.65. The van der Waals surface area contributed by atoms with Crippen LogP contribution in [0.25, 0.3) is 11.0 Å². The van der Waals surface area contributed by atoms with E-state index in [4.69, 9.17) is 28.5 Å². The van der Waals surface area contributed by atoms with E-state index in [2.05, 4.69) is 5.32 Å². The zero-order valence-electron chi connectivity index (χ0n) is 16.5. The molecule has 2 atom stereocenters. The van der Waals surface area contributed by atoms with Crippen molar-refractivity contribution in [2.24, 2.45) is 0 Å². The van der Waals surface area contributed by atoms with Gasteiger partial charge in [0.25, 0.3) is 5.91 Å². The van der Waals surface area contributed by atoms with Gasteiger partial charge in [0.15, 0.2) is 5.76 Å². The summed E-state index contributed by atoms with van der Waals surface area (Å²) in [6.45, 7) is 1.64. The topological polar surface area (TPSA) is 99.4 Å². The van der Waals surface area contributed by atoms with Gasteiger partial charge in [-0.05, 0) is 12.1 Å². The number of amides is 1. The molecule has 2 heterocycles. The lowest BCUT2D eigenvalue weighted by atomic mass is 9.92. The van der Waals surface area contributed by atoms with E-state index >= 15 is 0 Å². The number of aliphatic hydroxyl groups is 1. The van der Waals surface area contributed by atoms with Crippen molar-refractivity contribution in [1.29, 1.82) is 0 Å². The Bertz CT molecular complexity index is 816. The average Bonchev–Trinajstić information content (AvgIpc) is 3.18. The van der Waals surface area contributed by atoms with Gasteiger partial charge in [-0.2, -0.15) is 0 Å². The van der Waals surface area contributed by atoms with Gasteiger partial charge < -0.3 is 33.8 Å². The highest BCUT2D eigenvalue weighted by Gasteiger charge is 2.30. The monoisotopic (exact) mass is 405 g/mol. The van der Waals surface area contributed by atoms with Gasteiger partial charge in [-0.1, -0.05) is 18.2 Å². The van der Waals surface area contributed by atoms with Crippen molar-refractivity contribution in [3.63, 3.8) is 0 Å². The van der Waals surface area contributed by atoms with Crippen LogP contribution in [0.1, 0.15) is 17.9 Å². The van der Waals surface area contributed by atoms with E-state index in [1.165, 1.54) is 0 Å². The van der Waals surface area contributed by atoms with Crippen LogP contribution in [0, 0.1) is 0 Å². The predicted molar refractivity (Wildman–Crippen MR) is 105 cm³/mol. The van der Waals surface area contributed by atoms with Crippen LogP contribution in [0.4, 0.5) is 0 Å². The number of fused-ring (bicyclic) bond motifs is 1. The summed E-state index contributed by atoms with van der Waals surface area (Å²) in [5, 5.41) is 12.5. The molecule has 1 amide bonds. The second kappa shape index (κ2) is 11.0. The summed E-state index contributed by atoms with van der Waals surface area (Å²) in [5.41, 5.74) is 1.78. The SMILES string of the molecule is COCCNC(=O)C1=CC(c2coc3ccccc23)CC(OCCOCCO)O1. The molecule has 3 rings (SSSR count). The summed E-state index contributed by atoms with van der Waals surface area (Å²) in [6.07, 6.45) is 3.47. The van der Waals surface area contributed by atoms with E-state index in [-0.39, 0.29) is 30.8 Å². The summed E-state index contributed by atoms with van der Waals surface area (Å²) in [4.78, 5) is 12.5. The third-order valence-corrected chi connectivity index (χ3v) is 4.55. The van der Waals surface area contributed by atoms with Gasteiger partial charge in [-0.15, -0.1) is 0 Å². The Labute approximate surface area is 169 Å². The molecule has 0 saturated carbocycles. The fourth-order valence-corrected chi connectivity index (χ4v) is 3.18. The van der Waals surface area contributed by atoms with E-state index in [1.807, 2.05) is 30.3 Å². The van der Waals surface area contributed by atoms with Crippen molar-refractivity contribution in [3.05, 3.63) is 47.9 Å². The standard InChI is InChI=1S/C21H27NO7/c1-25-8-6-22-21(24)19-12-15(13-20(29-19)27-11-10-26-9-7-23)17-14-28-18-5-3-2-4-16(17)18/h2-5,12,14-15,20,23H,6-11,13H2,1H3,(H,22,24). The summed E-state index contributed by atoms with van der Waals surface area (Å²) in [7, 11) is 1.57. The highest BCUT2D eigenvalue weighted by molar-refractivity contribution is 5.92. The highest BCUT2D eigenvalue weighted by Crippen LogP contribution is 2.36. The molecular weight excluding hydrogens is 378 g/mol. The number of nitrogens with one attached hydrogen (secondary N) is 1. The van der Waals surface area contributed by atoms with Gasteiger partial charge in [-0.25, -0.2) is 0 Å². The fraction of sp³-hybridized carbons (Fsp3) is 0.476. The Morgan fingerprint density at radius 2 is 2.10 bits per heavy atom. The normalized spacial score (nSPS) is 19.0. The molecule has 8 heteroatoms. The molecule has 1 aromatic carbocycles. The molecule has 1 aliphatic rings. The first kappa shape index (κ1) is 21.3. The minimum absolute atomic E-state index is 0.0376. The zero-order valence-corrected chi connectivity index (χ0v) is 16.5. The highest BCUT2D eigenvalue weighted by atomic mass is 16.7. The Morgan fingerprint density at radius 3 is 2.93 bits per heavy atom. The molecule has 2 aromatic rings. The van der Waals surface area contributed by atoms with Crippen LogP contribution in [0.2, 0.25) is 0 Å². The molecule has 1 aliphatic heterocycles. The molecule has 0 radical (unpaired) electrons. The third kappa shape index (κ3) is 5.80. The number of allylic oxidation sites excluding steroid dienone is 1. The van der Waals surface area contributed by atoms with E-state index in [0.717, 1.165) is 16.5 Å². The lowest BCUT2D eigenvalue weighted by Gasteiger charge is -2.29. The molecule has 0 fully saturated rings. The molecule has 0 saturated heterocycles. The largest absolute Gasteiger partial charge is 0.464 e. The Kier molecular flexibility index (Phi) is 8.06. The number of benzene rings is 1. The van der Waals surface area contributed by atoms with Crippen LogP contribution in [0.15, 0.2) is 46.8 Å². The van der Waals surface area contributed by atoms with Crippen LogP contribution in [0.3, 0.4) is 0 Å². The summed E-state index contributed by atoms with van der Waals surface area (Å²) < 4.78 is 27.4. The van der Waals surface area contributed by atoms with Crippen molar-refractivity contribution >= 4 is 16.9 Å². The molecule has 158 valence electrons. The average molecular weight is 405 g/mol. The number of carbonyl (C=O) groups is 1. The van der Waals surface area contributed by atoms with Gasteiger partial charge in [-0.3, -0.25) is 4.79 Å². The quantitative estimate of drug-likeness (QED) is 0.551. The Balaban J connectivity index is 1.73. The van der Waals surface area contributed by atoms with Gasteiger partial charge in [0.1, 0.15) is 5.58 Å². The summed E-state index contributed by atoms with van der Waals surface area (Å²) in [6, 6.07) is 7.78. The maximum atomic E-state index is 12.5. The van der Waals surface area contributed by atoms with Crippen molar-refractivity contribution in [2.75, 3.05) is 46.7 Å². The number of para-hydroxylation sites is 1. The molecule has 0 bridgehead atoms. The molecule has 0 spiro atoms. The van der Waals surface area contributed by atoms with Crippen molar-refractivity contribution in [3.8, 4) is 0 Å². The Hall–Kier alpha value is -2.39. The van der Waals surface area contributed by atoms with Crippen LogP contribution in [-0.2, 0) is 23.7 Å². The summed E-state index contributed by atoms with van der Waals surface area (Å²) in [5.74, 6) is -0.201. The molecule has 29 heavy (non-hydrogen) atoms. The number of aliphatic hydroxyl groups excluding tert-OH is 1. The van der Waals surface area contributed by atoms with Gasteiger partial charge in [0.05, 0.1) is 39.3 Å². The predicted octanol–water partition coefficient (Wildman–Crippen LogP) is 1.93. The second-order valence-corrected chi connectivity index (χ2v) is 6.56. The lowest BCUT2D eigenvalue weighted by molar-refractivity contribution is -0.151. The van der Waals surface area contributed by atoms with E-state index in [0.29, 0.717) is 32.8 Å². The molecule has 2 N–H and O–H groups in total. The van der Waals surface area contributed by atoms with Crippen LogP contribution in [-0.4, -0.2) is 64.0 Å². The van der Waals surface area contributed by atoms with Crippen molar-refractivity contribution < 1.29 is 33.3 Å². The molecule has 8 nitrogen and oxygen atoms in total. The van der Waals surface area contributed by atoms with Crippen LogP contribution in [0.5, 0.6) is 0 Å². The number of hydrogen-bond donors (Lipinski definition) is 2. The zero-order chi connectivity index (χ0) is 20.5. The van der Waals surface area contributed by atoms with E-state index in [9.17, 15) is 4.79 Å².